The lowest BCUT2D eigenvalue weighted by Gasteiger charge is -2.25. The molecule has 0 aromatic rings. The summed E-state index contributed by atoms with van der Waals surface area (Å²) in [5, 5.41) is 1.99. The maximum atomic E-state index is 10.6. The first-order valence-corrected chi connectivity index (χ1v) is 5.88. The lowest BCUT2D eigenvalue weighted by atomic mass is 9.95. The third-order valence-corrected chi connectivity index (χ3v) is 2.89. The molecule has 16 heavy (non-hydrogen) atoms. The van der Waals surface area contributed by atoms with Crippen LogP contribution in [-0.2, 0) is 4.79 Å². The Morgan fingerprint density at radius 3 is 1.88 bits per heavy atom. The predicted molar refractivity (Wildman–Crippen MR) is 64.7 cm³/mol. The summed E-state index contributed by atoms with van der Waals surface area (Å²) in [4.78, 5) is 10.6. The summed E-state index contributed by atoms with van der Waals surface area (Å²) in [7, 11) is 0. The van der Waals surface area contributed by atoms with Gasteiger partial charge >= 0.3 is 0 Å². The minimum atomic E-state index is 0.0434. The van der Waals surface area contributed by atoms with Gasteiger partial charge in [0.2, 0.25) is 5.91 Å². The molecule has 0 bridgehead atoms. The van der Waals surface area contributed by atoms with Gasteiger partial charge in [-0.3, -0.25) is 10.2 Å². The van der Waals surface area contributed by atoms with E-state index in [2.05, 4.69) is 29.7 Å². The predicted octanol–water partition coefficient (Wildman–Crippen LogP) is 2.19. The molecule has 1 amide bonds. The summed E-state index contributed by atoms with van der Waals surface area (Å²) >= 11 is 0. The lowest BCUT2D eigenvalue weighted by molar-refractivity contribution is -0.124. The van der Waals surface area contributed by atoms with Crippen molar-refractivity contribution in [1.29, 1.82) is 0 Å². The number of fused-ring (bicyclic) bond motifs is 1. The standard InChI is InChI=1S/C7H14N2O.C6H4/c1-7(10)8-9-5-3-2-4-6-9;1-2-6-4-3-5(1)6/h2-6H2,1H3,(H,8,10);1-4H. The van der Waals surface area contributed by atoms with Gasteiger partial charge in [0.15, 0.2) is 0 Å². The third kappa shape index (κ3) is 2.83. The zero-order valence-electron chi connectivity index (χ0n) is 9.70. The second-order valence-electron chi connectivity index (χ2n) is 4.29. The molecule has 2 aliphatic carbocycles. The van der Waals surface area contributed by atoms with E-state index >= 15 is 0 Å². The Morgan fingerprint density at radius 1 is 1.06 bits per heavy atom. The summed E-state index contributed by atoms with van der Waals surface area (Å²) < 4.78 is 0. The smallest absolute Gasteiger partial charge is 0.231 e. The maximum Gasteiger partial charge on any atom is 0.231 e. The number of carbonyl (C=O) groups excluding carboxylic acids is 1. The molecule has 0 atom stereocenters. The van der Waals surface area contributed by atoms with Crippen LogP contribution in [0, 0.1) is 0 Å². The van der Waals surface area contributed by atoms with Crippen LogP contribution in [0.3, 0.4) is 0 Å². The zero-order chi connectivity index (χ0) is 11.4. The number of hydrogen-bond acceptors (Lipinski definition) is 2. The Balaban J connectivity index is 0.000000134. The molecule has 3 rings (SSSR count). The van der Waals surface area contributed by atoms with Crippen LogP contribution in [-0.4, -0.2) is 24.0 Å². The van der Waals surface area contributed by atoms with Gasteiger partial charge in [-0.25, -0.2) is 5.01 Å². The molecule has 3 nitrogen and oxygen atoms in total. The highest BCUT2D eigenvalue weighted by molar-refractivity contribution is 5.75. The van der Waals surface area contributed by atoms with Gasteiger partial charge in [-0.15, -0.1) is 0 Å². The van der Waals surface area contributed by atoms with Crippen molar-refractivity contribution in [3.05, 3.63) is 24.3 Å². The van der Waals surface area contributed by atoms with E-state index in [1.807, 2.05) is 5.01 Å². The van der Waals surface area contributed by atoms with Gasteiger partial charge in [0, 0.05) is 20.0 Å². The molecule has 0 unspecified atom stereocenters. The zero-order valence-corrected chi connectivity index (χ0v) is 9.70. The van der Waals surface area contributed by atoms with Crippen molar-refractivity contribution < 1.29 is 4.79 Å². The molecule has 3 aliphatic rings. The number of hydrazine groups is 1. The van der Waals surface area contributed by atoms with Crippen molar-refractivity contribution in [2.45, 2.75) is 26.2 Å². The van der Waals surface area contributed by atoms with Crippen molar-refractivity contribution >= 4 is 5.91 Å². The van der Waals surface area contributed by atoms with Gasteiger partial charge in [0.25, 0.3) is 0 Å². The summed E-state index contributed by atoms with van der Waals surface area (Å²) in [6.07, 6.45) is 3.72. The Bertz CT molecular complexity index is 332. The van der Waals surface area contributed by atoms with E-state index in [0.29, 0.717) is 0 Å². The number of nitrogens with one attached hydrogen (secondary N) is 1. The average molecular weight is 218 g/mol. The van der Waals surface area contributed by atoms with Crippen molar-refractivity contribution in [3.8, 4) is 11.1 Å². The van der Waals surface area contributed by atoms with Gasteiger partial charge in [-0.1, -0.05) is 30.7 Å². The molecular formula is C13H18N2O. The minimum absolute atomic E-state index is 0.0434. The number of carbonyl (C=O) groups is 1. The van der Waals surface area contributed by atoms with Crippen molar-refractivity contribution in [2.75, 3.05) is 13.1 Å². The number of piperidine rings is 1. The fraction of sp³-hybridized carbons (Fsp3) is 0.462. The van der Waals surface area contributed by atoms with E-state index in [-0.39, 0.29) is 5.91 Å². The second-order valence-corrected chi connectivity index (χ2v) is 4.29. The molecule has 1 N–H and O–H groups in total. The van der Waals surface area contributed by atoms with E-state index in [9.17, 15) is 4.79 Å². The monoisotopic (exact) mass is 218 g/mol. The summed E-state index contributed by atoms with van der Waals surface area (Å²) in [5.41, 5.74) is 5.63. The maximum absolute atomic E-state index is 10.6. The van der Waals surface area contributed by atoms with Gasteiger partial charge in [-0.2, -0.15) is 0 Å². The van der Waals surface area contributed by atoms with Crippen LogP contribution in [0.15, 0.2) is 24.3 Å². The number of rotatable bonds is 1. The molecule has 1 fully saturated rings. The Hall–Kier alpha value is -1.35. The van der Waals surface area contributed by atoms with Crippen LogP contribution in [0.1, 0.15) is 26.2 Å². The molecule has 3 heteroatoms. The van der Waals surface area contributed by atoms with Crippen LogP contribution in [0.25, 0.3) is 11.1 Å². The van der Waals surface area contributed by atoms with Crippen molar-refractivity contribution in [1.82, 2.24) is 10.4 Å². The van der Waals surface area contributed by atoms with E-state index in [4.69, 9.17) is 0 Å². The molecule has 1 saturated heterocycles. The first-order valence-electron chi connectivity index (χ1n) is 5.88. The van der Waals surface area contributed by atoms with E-state index in [1.54, 1.807) is 6.92 Å². The van der Waals surface area contributed by atoms with Gasteiger partial charge in [0.1, 0.15) is 0 Å². The van der Waals surface area contributed by atoms with Gasteiger partial charge in [-0.05, 0) is 24.0 Å². The molecule has 0 saturated carbocycles. The molecule has 0 aromatic heterocycles. The molecule has 0 spiro atoms. The van der Waals surface area contributed by atoms with Crippen molar-refractivity contribution in [2.24, 2.45) is 0 Å². The average Bonchev–Trinajstić information content (AvgIpc) is 2.25. The van der Waals surface area contributed by atoms with Crippen LogP contribution >= 0.6 is 0 Å². The second kappa shape index (κ2) is 5.12. The first kappa shape index (κ1) is 11.1. The highest BCUT2D eigenvalue weighted by atomic mass is 16.2. The summed E-state index contributed by atoms with van der Waals surface area (Å²) in [6, 6.07) is 8.48. The number of benzene rings is 1. The largest absolute Gasteiger partial charge is 0.289 e. The normalized spacial score (nSPS) is 17.1. The molecule has 0 aromatic carbocycles. The number of hydrogen-bond donors (Lipinski definition) is 1. The van der Waals surface area contributed by atoms with Crippen LogP contribution in [0.4, 0.5) is 0 Å². The lowest BCUT2D eigenvalue weighted by Crippen LogP contribution is -2.43. The minimum Gasteiger partial charge on any atom is -0.289 e. The van der Waals surface area contributed by atoms with E-state index in [0.717, 1.165) is 13.1 Å². The third-order valence-electron chi connectivity index (χ3n) is 2.89. The Morgan fingerprint density at radius 2 is 1.56 bits per heavy atom. The number of amides is 1. The van der Waals surface area contributed by atoms with E-state index in [1.165, 1.54) is 30.4 Å². The van der Waals surface area contributed by atoms with Gasteiger partial charge < -0.3 is 0 Å². The first-order chi connectivity index (χ1) is 7.75. The van der Waals surface area contributed by atoms with Crippen LogP contribution < -0.4 is 5.43 Å². The molecular weight excluding hydrogens is 200 g/mol. The van der Waals surface area contributed by atoms with Crippen molar-refractivity contribution in [3.63, 3.8) is 0 Å². The SMILES string of the molecule is CC(=O)NN1CCCCC1.c1cc2ccc1-2. The van der Waals surface area contributed by atoms with E-state index < -0.39 is 0 Å². The topological polar surface area (TPSA) is 32.3 Å². The van der Waals surface area contributed by atoms with Crippen LogP contribution in [0.2, 0.25) is 0 Å². The summed E-state index contributed by atoms with van der Waals surface area (Å²) in [5.74, 6) is 0.0434. The molecule has 86 valence electrons. The highest BCUT2D eigenvalue weighted by Gasteiger charge is 2.09. The quantitative estimate of drug-likeness (QED) is 0.795. The highest BCUT2D eigenvalue weighted by Crippen LogP contribution is 2.29. The van der Waals surface area contributed by atoms with Crippen LogP contribution in [0.5, 0.6) is 0 Å². The summed E-state index contributed by atoms with van der Waals surface area (Å²) in [6.45, 7) is 3.58. The molecule has 1 heterocycles. The Kier molecular flexibility index (Phi) is 3.57. The molecule has 1 aliphatic heterocycles. The fourth-order valence-electron chi connectivity index (χ4n) is 1.89. The van der Waals surface area contributed by atoms with Gasteiger partial charge in [0.05, 0.1) is 0 Å². The fourth-order valence-corrected chi connectivity index (χ4v) is 1.89. The molecule has 0 radical (unpaired) electrons. The Labute approximate surface area is 96.4 Å². The number of nitrogens with zero attached hydrogens (tertiary/aromatic N) is 1.